The number of anilines is 1. The molecule has 3 N–H and O–H groups in total. The van der Waals surface area contributed by atoms with Crippen LogP contribution in [0.15, 0.2) is 54.6 Å². The third-order valence-electron chi connectivity index (χ3n) is 5.77. The number of rotatable bonds is 6. The van der Waals surface area contributed by atoms with Crippen LogP contribution in [0.1, 0.15) is 29.9 Å². The van der Waals surface area contributed by atoms with Gasteiger partial charge in [0.25, 0.3) is 0 Å². The van der Waals surface area contributed by atoms with E-state index in [1.165, 1.54) is 37.4 Å². The summed E-state index contributed by atoms with van der Waals surface area (Å²) >= 11 is 0. The number of fused-ring (bicyclic) bond motifs is 1. The van der Waals surface area contributed by atoms with Crippen LogP contribution in [0.3, 0.4) is 0 Å². The molecule has 0 saturated carbocycles. The van der Waals surface area contributed by atoms with Crippen molar-refractivity contribution in [1.29, 1.82) is 0 Å². The molecule has 0 atom stereocenters. The van der Waals surface area contributed by atoms with E-state index < -0.39 is 28.8 Å². The smallest absolute Gasteiger partial charge is 0.335 e. The lowest BCUT2D eigenvalue weighted by Gasteiger charge is -2.28. The summed E-state index contributed by atoms with van der Waals surface area (Å²) in [5.41, 5.74) is 7.99. The minimum atomic E-state index is -1.11. The van der Waals surface area contributed by atoms with E-state index in [1.54, 1.807) is 16.7 Å². The molecular weight excluding hydrogens is 445 g/mol. The van der Waals surface area contributed by atoms with Gasteiger partial charge in [-0.15, -0.1) is 0 Å². The molecule has 34 heavy (non-hydrogen) atoms. The van der Waals surface area contributed by atoms with Crippen LogP contribution in [0.5, 0.6) is 0 Å². The first-order chi connectivity index (χ1) is 16.0. The van der Waals surface area contributed by atoms with Gasteiger partial charge < -0.3 is 20.1 Å². The van der Waals surface area contributed by atoms with E-state index >= 15 is 0 Å². The molecule has 1 heterocycles. The molecule has 0 fully saturated rings. The Bertz CT molecular complexity index is 1430. The van der Waals surface area contributed by atoms with Crippen LogP contribution in [0, 0.1) is 17.5 Å². The number of carboxylic acid groups (broad SMARTS) is 1. The first-order valence-electron chi connectivity index (χ1n) is 10.5. The number of aromatic nitrogens is 1. The van der Waals surface area contributed by atoms with E-state index in [2.05, 4.69) is 0 Å². The van der Waals surface area contributed by atoms with Gasteiger partial charge >= 0.3 is 5.97 Å². The van der Waals surface area contributed by atoms with Gasteiger partial charge in [0.2, 0.25) is 0 Å². The fourth-order valence-corrected chi connectivity index (χ4v) is 4.46. The standard InChI is InChI=1S/C26H23F3N2O3/c1-26(2,13-34-3)24-22(14-5-4-6-15(9-14)25(32)33)23-20(30)10-16(27)11-21(23)31(24)17-7-8-18(28)19(29)12-17/h4-12H,13,30H2,1-3H3,(H,32,33). The highest BCUT2D eigenvalue weighted by Crippen LogP contribution is 2.45. The number of carbonyl (C=O) groups is 1. The van der Waals surface area contributed by atoms with Gasteiger partial charge in [0.15, 0.2) is 11.6 Å². The molecular formula is C26H23F3N2O3. The monoisotopic (exact) mass is 468 g/mol. The zero-order chi connectivity index (χ0) is 24.8. The van der Waals surface area contributed by atoms with Crippen LogP contribution >= 0.6 is 0 Å². The molecule has 4 aromatic rings. The van der Waals surface area contributed by atoms with E-state index in [0.717, 1.165) is 12.1 Å². The summed E-state index contributed by atoms with van der Waals surface area (Å²) in [6.07, 6.45) is 0. The largest absolute Gasteiger partial charge is 0.478 e. The van der Waals surface area contributed by atoms with E-state index in [9.17, 15) is 23.1 Å². The SMILES string of the molecule is COCC(C)(C)c1c(-c2cccc(C(=O)O)c2)c2c(N)cc(F)cc2n1-c1ccc(F)c(F)c1. The Morgan fingerprint density at radius 2 is 1.79 bits per heavy atom. The number of carboxylic acids is 1. The molecule has 0 saturated heterocycles. The van der Waals surface area contributed by atoms with Crippen LogP contribution in [-0.4, -0.2) is 29.4 Å². The first kappa shape index (κ1) is 23.4. The topological polar surface area (TPSA) is 77.5 Å². The number of benzene rings is 3. The van der Waals surface area contributed by atoms with Gasteiger partial charge in [-0.1, -0.05) is 26.0 Å². The number of aromatic carboxylic acids is 1. The van der Waals surface area contributed by atoms with Crippen LogP contribution in [0.4, 0.5) is 18.9 Å². The maximum atomic E-state index is 14.6. The lowest BCUT2D eigenvalue weighted by molar-refractivity contribution is 0.0697. The van der Waals surface area contributed by atoms with Gasteiger partial charge in [0.05, 0.1) is 17.7 Å². The van der Waals surface area contributed by atoms with Crippen molar-refractivity contribution in [1.82, 2.24) is 4.57 Å². The molecule has 4 rings (SSSR count). The number of nitrogen functional groups attached to an aromatic ring is 1. The third-order valence-corrected chi connectivity index (χ3v) is 5.77. The Hall–Kier alpha value is -3.78. The average molecular weight is 468 g/mol. The summed E-state index contributed by atoms with van der Waals surface area (Å²) in [4.78, 5) is 11.7. The molecule has 1 aromatic heterocycles. The Kier molecular flexibility index (Phi) is 5.87. The zero-order valence-corrected chi connectivity index (χ0v) is 18.8. The molecule has 8 heteroatoms. The molecule has 3 aromatic carbocycles. The fraction of sp³-hybridized carbons (Fsp3) is 0.192. The van der Waals surface area contributed by atoms with Crippen molar-refractivity contribution in [3.8, 4) is 16.8 Å². The van der Waals surface area contributed by atoms with Gasteiger partial charge in [-0.05, 0) is 42.0 Å². The van der Waals surface area contributed by atoms with Crippen LogP contribution in [-0.2, 0) is 10.2 Å². The van der Waals surface area contributed by atoms with Gasteiger partial charge in [-0.25, -0.2) is 18.0 Å². The normalized spacial score (nSPS) is 11.8. The summed E-state index contributed by atoms with van der Waals surface area (Å²) in [6, 6.07) is 12.2. The fourth-order valence-electron chi connectivity index (χ4n) is 4.46. The minimum Gasteiger partial charge on any atom is -0.478 e. The quantitative estimate of drug-likeness (QED) is 0.345. The molecule has 0 aliphatic heterocycles. The Morgan fingerprint density at radius 1 is 1.06 bits per heavy atom. The Morgan fingerprint density at radius 3 is 2.44 bits per heavy atom. The van der Waals surface area contributed by atoms with Gasteiger partial charge in [0.1, 0.15) is 5.82 Å². The van der Waals surface area contributed by atoms with E-state index in [-0.39, 0.29) is 23.5 Å². The summed E-state index contributed by atoms with van der Waals surface area (Å²) < 4.78 is 49.7. The van der Waals surface area contributed by atoms with Crippen LogP contribution in [0.25, 0.3) is 27.7 Å². The number of hydrogen-bond acceptors (Lipinski definition) is 3. The highest BCUT2D eigenvalue weighted by Gasteiger charge is 2.33. The maximum Gasteiger partial charge on any atom is 0.335 e. The molecule has 0 aliphatic carbocycles. The maximum absolute atomic E-state index is 14.6. The van der Waals surface area contributed by atoms with Crippen LogP contribution in [0.2, 0.25) is 0 Å². The second-order valence-corrected chi connectivity index (χ2v) is 8.75. The molecule has 0 bridgehead atoms. The van der Waals surface area contributed by atoms with Crippen molar-refractivity contribution in [3.63, 3.8) is 0 Å². The number of halogens is 3. The van der Waals surface area contributed by atoms with Crippen LogP contribution < -0.4 is 5.73 Å². The minimum absolute atomic E-state index is 0.0578. The Balaban J connectivity index is 2.24. The van der Waals surface area contributed by atoms with E-state index in [1.807, 2.05) is 13.8 Å². The van der Waals surface area contributed by atoms with Crippen molar-refractivity contribution in [2.75, 3.05) is 19.5 Å². The Labute approximate surface area is 194 Å². The lowest BCUT2D eigenvalue weighted by Crippen LogP contribution is -2.27. The van der Waals surface area contributed by atoms with E-state index in [0.29, 0.717) is 27.7 Å². The van der Waals surface area contributed by atoms with Gasteiger partial charge in [-0.2, -0.15) is 0 Å². The lowest BCUT2D eigenvalue weighted by atomic mass is 9.84. The second kappa shape index (κ2) is 8.53. The predicted molar refractivity (Wildman–Crippen MR) is 125 cm³/mol. The third kappa shape index (κ3) is 3.90. The average Bonchev–Trinajstić information content (AvgIpc) is 3.12. The van der Waals surface area contributed by atoms with Crippen molar-refractivity contribution in [3.05, 3.63) is 83.3 Å². The number of ether oxygens (including phenoxy) is 1. The van der Waals surface area contributed by atoms with E-state index in [4.69, 9.17) is 10.5 Å². The van der Waals surface area contributed by atoms with Gasteiger partial charge in [-0.3, -0.25) is 0 Å². The zero-order valence-electron chi connectivity index (χ0n) is 18.8. The highest BCUT2D eigenvalue weighted by molar-refractivity contribution is 6.07. The number of nitrogens with zero attached hydrogens (tertiary/aromatic N) is 1. The second-order valence-electron chi connectivity index (χ2n) is 8.75. The summed E-state index contributed by atoms with van der Waals surface area (Å²) in [5, 5.41) is 10.0. The number of methoxy groups -OCH3 is 1. The molecule has 5 nitrogen and oxygen atoms in total. The van der Waals surface area contributed by atoms with Crippen molar-refractivity contribution < 1.29 is 27.8 Å². The molecule has 0 amide bonds. The summed E-state index contributed by atoms with van der Waals surface area (Å²) in [7, 11) is 1.53. The molecule has 176 valence electrons. The predicted octanol–water partition coefficient (Wildman–Crippen LogP) is 5.92. The summed E-state index contributed by atoms with van der Waals surface area (Å²) in [5.74, 6) is -3.79. The van der Waals surface area contributed by atoms with Crippen molar-refractivity contribution in [2.45, 2.75) is 19.3 Å². The highest BCUT2D eigenvalue weighted by atomic mass is 19.2. The number of hydrogen-bond donors (Lipinski definition) is 2. The van der Waals surface area contributed by atoms with Crippen molar-refractivity contribution in [2.24, 2.45) is 0 Å². The van der Waals surface area contributed by atoms with Gasteiger partial charge in [0, 0.05) is 46.6 Å². The van der Waals surface area contributed by atoms with Crippen molar-refractivity contribution >= 4 is 22.6 Å². The first-order valence-corrected chi connectivity index (χ1v) is 10.5. The number of nitrogens with two attached hydrogens (primary N) is 1. The summed E-state index contributed by atoms with van der Waals surface area (Å²) in [6.45, 7) is 4.00. The molecule has 0 spiro atoms. The molecule has 0 aliphatic rings. The molecule has 0 radical (unpaired) electrons. The molecule has 0 unspecified atom stereocenters.